The standard InChI is InChI=1S/C30H49N3O5/c1-7-13-14-20-32(19-10-4)28(37)25-30-16-15-29(12-6,38-30)23(26(35)31(17-8-2)18-9-3)24(30)27(36)33(25)22(11-5)21-34/h8,10,22-25,34H,2,4,7,9,11-21H2,1,3,5-6H3/t22-,23-,24-,25?,29+,30?/m0/s1. The Bertz CT molecular complexity index is 889. The van der Waals surface area contributed by atoms with E-state index in [1.807, 2.05) is 20.8 Å². The lowest BCUT2D eigenvalue weighted by Crippen LogP contribution is -2.59. The fourth-order valence-electron chi connectivity index (χ4n) is 7.20. The van der Waals surface area contributed by atoms with Crippen LogP contribution in [0.3, 0.4) is 0 Å². The summed E-state index contributed by atoms with van der Waals surface area (Å²) < 4.78 is 6.90. The number of amides is 3. The monoisotopic (exact) mass is 531 g/mol. The fraction of sp³-hybridized carbons (Fsp3) is 0.767. The van der Waals surface area contributed by atoms with Gasteiger partial charge in [-0.2, -0.15) is 0 Å². The van der Waals surface area contributed by atoms with Crippen molar-refractivity contribution in [2.75, 3.05) is 32.8 Å². The van der Waals surface area contributed by atoms with Gasteiger partial charge < -0.3 is 24.5 Å². The number of hydrogen-bond acceptors (Lipinski definition) is 5. The molecule has 0 aromatic carbocycles. The highest BCUT2D eigenvalue weighted by molar-refractivity contribution is 5.99. The predicted molar refractivity (Wildman–Crippen MR) is 148 cm³/mol. The summed E-state index contributed by atoms with van der Waals surface area (Å²) in [5.74, 6) is -1.90. The molecule has 2 bridgehead atoms. The maximum absolute atomic E-state index is 14.4. The molecule has 38 heavy (non-hydrogen) atoms. The number of ether oxygens (including phenoxy) is 1. The Kier molecular flexibility index (Phi) is 10.2. The van der Waals surface area contributed by atoms with Crippen LogP contribution >= 0.6 is 0 Å². The largest absolute Gasteiger partial charge is 0.394 e. The Labute approximate surface area is 229 Å². The van der Waals surface area contributed by atoms with Crippen molar-refractivity contribution in [3.63, 3.8) is 0 Å². The summed E-state index contributed by atoms with van der Waals surface area (Å²) in [6.07, 6.45) is 9.38. The molecule has 3 rings (SSSR count). The number of aliphatic hydroxyl groups is 1. The molecule has 0 saturated carbocycles. The SMILES string of the molecule is C=CCN(CCCCC)C(=O)C1N([C@@H](CC)CO)C(=O)[C@@H]2[C@@H](C(=O)N(CC=C)CCC)[C@@]3(CC)CCC12O3. The molecular weight excluding hydrogens is 482 g/mol. The van der Waals surface area contributed by atoms with Crippen LogP contribution in [0, 0.1) is 11.8 Å². The van der Waals surface area contributed by atoms with Crippen LogP contribution in [-0.4, -0.2) is 93.6 Å². The zero-order chi connectivity index (χ0) is 28.1. The van der Waals surface area contributed by atoms with E-state index in [0.717, 1.165) is 25.7 Å². The zero-order valence-electron chi connectivity index (χ0n) is 24.0. The third-order valence-corrected chi connectivity index (χ3v) is 9.04. The molecule has 8 heteroatoms. The van der Waals surface area contributed by atoms with Crippen LogP contribution in [0.15, 0.2) is 25.3 Å². The normalized spacial score (nSPS) is 30.3. The smallest absolute Gasteiger partial charge is 0.248 e. The predicted octanol–water partition coefficient (Wildman–Crippen LogP) is 3.54. The fourth-order valence-corrected chi connectivity index (χ4v) is 7.20. The number of rotatable bonds is 16. The minimum absolute atomic E-state index is 0.0930. The van der Waals surface area contributed by atoms with Crippen LogP contribution in [0.5, 0.6) is 0 Å². The van der Waals surface area contributed by atoms with Gasteiger partial charge in [0, 0.05) is 26.2 Å². The molecule has 3 aliphatic rings. The molecule has 3 aliphatic heterocycles. The van der Waals surface area contributed by atoms with E-state index in [2.05, 4.69) is 20.1 Å². The van der Waals surface area contributed by atoms with E-state index in [9.17, 15) is 19.5 Å². The highest BCUT2D eigenvalue weighted by atomic mass is 16.5. The highest BCUT2D eigenvalue weighted by Gasteiger charge is 2.79. The van der Waals surface area contributed by atoms with Crippen molar-refractivity contribution in [2.45, 2.75) is 102 Å². The first-order chi connectivity index (χ1) is 18.3. The Balaban J connectivity index is 2.12. The maximum Gasteiger partial charge on any atom is 0.248 e. The van der Waals surface area contributed by atoms with E-state index >= 15 is 0 Å². The third kappa shape index (κ3) is 4.94. The van der Waals surface area contributed by atoms with Crippen LogP contribution in [-0.2, 0) is 19.1 Å². The lowest BCUT2D eigenvalue weighted by molar-refractivity contribution is -0.158. The molecule has 3 heterocycles. The summed E-state index contributed by atoms with van der Waals surface area (Å²) in [6.45, 7) is 17.4. The number of hydrogen-bond donors (Lipinski definition) is 1. The second kappa shape index (κ2) is 12.8. The molecule has 3 amide bonds. The molecule has 3 fully saturated rings. The van der Waals surface area contributed by atoms with Gasteiger partial charge in [0.2, 0.25) is 17.7 Å². The Morgan fingerprint density at radius 3 is 2.24 bits per heavy atom. The maximum atomic E-state index is 14.4. The molecule has 1 N–H and O–H groups in total. The van der Waals surface area contributed by atoms with Gasteiger partial charge in [-0.15, -0.1) is 13.2 Å². The summed E-state index contributed by atoms with van der Waals surface area (Å²) in [6, 6.07) is -1.39. The average molecular weight is 532 g/mol. The van der Waals surface area contributed by atoms with Crippen LogP contribution in [0.25, 0.3) is 0 Å². The number of fused-ring (bicyclic) bond motifs is 1. The van der Waals surface area contributed by atoms with Crippen LogP contribution in [0.4, 0.5) is 0 Å². The van der Waals surface area contributed by atoms with Crippen molar-refractivity contribution in [2.24, 2.45) is 11.8 Å². The van der Waals surface area contributed by atoms with E-state index in [0.29, 0.717) is 51.9 Å². The van der Waals surface area contributed by atoms with Crippen molar-refractivity contribution >= 4 is 17.7 Å². The number of unbranched alkanes of at least 4 members (excludes halogenated alkanes) is 2. The van der Waals surface area contributed by atoms with Crippen molar-refractivity contribution in [3.05, 3.63) is 25.3 Å². The van der Waals surface area contributed by atoms with Gasteiger partial charge in [-0.3, -0.25) is 14.4 Å². The molecule has 0 radical (unpaired) electrons. The number of carbonyl (C=O) groups is 3. The Morgan fingerprint density at radius 1 is 1.05 bits per heavy atom. The minimum atomic E-state index is -1.08. The molecule has 8 nitrogen and oxygen atoms in total. The first-order valence-electron chi connectivity index (χ1n) is 14.7. The van der Waals surface area contributed by atoms with E-state index in [1.165, 1.54) is 0 Å². The summed E-state index contributed by atoms with van der Waals surface area (Å²) in [4.78, 5) is 48.0. The van der Waals surface area contributed by atoms with E-state index in [-0.39, 0.29) is 24.3 Å². The number of nitrogens with zero attached hydrogens (tertiary/aromatic N) is 3. The van der Waals surface area contributed by atoms with E-state index in [1.54, 1.807) is 26.9 Å². The first kappa shape index (κ1) is 30.4. The lowest BCUT2D eigenvalue weighted by Gasteiger charge is -2.39. The minimum Gasteiger partial charge on any atom is -0.394 e. The molecule has 0 aromatic heterocycles. The molecule has 0 aromatic rings. The van der Waals surface area contributed by atoms with Gasteiger partial charge in [-0.05, 0) is 38.5 Å². The van der Waals surface area contributed by atoms with E-state index < -0.39 is 35.1 Å². The molecule has 0 aliphatic carbocycles. The van der Waals surface area contributed by atoms with Crippen molar-refractivity contribution in [1.82, 2.24) is 14.7 Å². The summed E-state index contributed by atoms with van der Waals surface area (Å²) in [5.41, 5.74) is -1.86. The van der Waals surface area contributed by atoms with Crippen LogP contribution < -0.4 is 0 Å². The summed E-state index contributed by atoms with van der Waals surface area (Å²) in [7, 11) is 0. The Morgan fingerprint density at radius 2 is 1.71 bits per heavy atom. The quantitative estimate of drug-likeness (QED) is 0.243. The molecule has 3 saturated heterocycles. The molecule has 2 unspecified atom stereocenters. The number of aliphatic hydroxyl groups excluding tert-OH is 1. The lowest BCUT2D eigenvalue weighted by atomic mass is 9.64. The van der Waals surface area contributed by atoms with Gasteiger partial charge in [0.25, 0.3) is 0 Å². The van der Waals surface area contributed by atoms with Gasteiger partial charge in [0.05, 0.1) is 30.1 Å². The van der Waals surface area contributed by atoms with Crippen LogP contribution in [0.1, 0.15) is 79.1 Å². The second-order valence-electron chi connectivity index (χ2n) is 11.2. The Hall–Kier alpha value is -2.19. The summed E-state index contributed by atoms with van der Waals surface area (Å²) in [5, 5.41) is 10.3. The van der Waals surface area contributed by atoms with Gasteiger partial charge in [-0.25, -0.2) is 0 Å². The topological polar surface area (TPSA) is 90.4 Å². The molecule has 214 valence electrons. The van der Waals surface area contributed by atoms with Crippen LogP contribution in [0.2, 0.25) is 0 Å². The van der Waals surface area contributed by atoms with Gasteiger partial charge in [0.1, 0.15) is 11.6 Å². The summed E-state index contributed by atoms with van der Waals surface area (Å²) >= 11 is 0. The highest BCUT2D eigenvalue weighted by Crippen LogP contribution is 2.65. The van der Waals surface area contributed by atoms with Gasteiger partial charge >= 0.3 is 0 Å². The molecule has 1 spiro atoms. The van der Waals surface area contributed by atoms with Crippen molar-refractivity contribution in [3.8, 4) is 0 Å². The van der Waals surface area contributed by atoms with Gasteiger partial charge in [0.15, 0.2) is 0 Å². The third-order valence-electron chi connectivity index (χ3n) is 9.04. The van der Waals surface area contributed by atoms with E-state index in [4.69, 9.17) is 4.74 Å². The zero-order valence-corrected chi connectivity index (χ0v) is 24.0. The number of carbonyl (C=O) groups excluding carboxylic acids is 3. The molecular formula is C30H49N3O5. The molecule has 6 atom stereocenters. The second-order valence-corrected chi connectivity index (χ2v) is 11.2. The van der Waals surface area contributed by atoms with Gasteiger partial charge in [-0.1, -0.05) is 52.7 Å². The average Bonchev–Trinajstić information content (AvgIpc) is 3.52. The first-order valence-corrected chi connectivity index (χ1v) is 14.7. The van der Waals surface area contributed by atoms with Crippen molar-refractivity contribution in [1.29, 1.82) is 0 Å². The van der Waals surface area contributed by atoms with Crippen molar-refractivity contribution < 1.29 is 24.2 Å². The number of likely N-dealkylation sites (tertiary alicyclic amines) is 1.